The SMILES string of the molecule is O=C(O)C1CNC(c2ccc(S(=O)(=O)C3COC3)c(F)c2)C1. The molecule has 2 N–H and O–H groups in total. The second-order valence-corrected chi connectivity index (χ2v) is 7.82. The lowest BCUT2D eigenvalue weighted by molar-refractivity contribution is -0.141. The van der Waals surface area contributed by atoms with Crippen molar-refractivity contribution < 1.29 is 27.4 Å². The second kappa shape index (κ2) is 5.60. The fourth-order valence-corrected chi connectivity index (χ4v) is 4.21. The molecule has 0 amide bonds. The van der Waals surface area contributed by atoms with E-state index in [0.29, 0.717) is 18.5 Å². The third-order valence-corrected chi connectivity index (χ3v) is 6.29. The predicted molar refractivity (Wildman–Crippen MR) is 74.7 cm³/mol. The summed E-state index contributed by atoms with van der Waals surface area (Å²) in [5.41, 5.74) is 0.560. The average Bonchev–Trinajstić information content (AvgIpc) is 2.85. The van der Waals surface area contributed by atoms with Gasteiger partial charge in [-0.1, -0.05) is 6.07 Å². The maximum absolute atomic E-state index is 14.2. The molecule has 0 radical (unpaired) electrons. The van der Waals surface area contributed by atoms with E-state index >= 15 is 0 Å². The highest BCUT2D eigenvalue weighted by molar-refractivity contribution is 7.92. The molecule has 3 rings (SSSR count). The number of benzene rings is 1. The average molecular weight is 329 g/mol. The fraction of sp³-hybridized carbons (Fsp3) is 0.500. The Morgan fingerprint density at radius 1 is 1.36 bits per heavy atom. The van der Waals surface area contributed by atoms with E-state index in [1.807, 2.05) is 0 Å². The van der Waals surface area contributed by atoms with Crippen LogP contribution < -0.4 is 5.32 Å². The molecule has 120 valence electrons. The van der Waals surface area contributed by atoms with E-state index in [2.05, 4.69) is 5.32 Å². The summed E-state index contributed by atoms with van der Waals surface area (Å²) in [5, 5.41) is 11.3. The molecule has 0 saturated carbocycles. The van der Waals surface area contributed by atoms with E-state index in [9.17, 15) is 17.6 Å². The van der Waals surface area contributed by atoms with Crippen molar-refractivity contribution in [1.29, 1.82) is 0 Å². The number of carboxylic acids is 1. The quantitative estimate of drug-likeness (QED) is 0.846. The first kappa shape index (κ1) is 15.4. The van der Waals surface area contributed by atoms with Crippen molar-refractivity contribution in [3.8, 4) is 0 Å². The van der Waals surface area contributed by atoms with Crippen LogP contribution in [0.5, 0.6) is 0 Å². The largest absolute Gasteiger partial charge is 0.481 e. The fourth-order valence-electron chi connectivity index (χ4n) is 2.72. The van der Waals surface area contributed by atoms with Gasteiger partial charge < -0.3 is 15.2 Å². The monoisotopic (exact) mass is 329 g/mol. The molecule has 0 aliphatic carbocycles. The normalized spacial score (nSPS) is 25.9. The lowest BCUT2D eigenvalue weighted by Crippen LogP contribution is -2.41. The molecule has 1 aromatic rings. The third-order valence-electron chi connectivity index (χ3n) is 4.19. The number of ether oxygens (including phenoxy) is 1. The van der Waals surface area contributed by atoms with Gasteiger partial charge in [-0.15, -0.1) is 0 Å². The number of sulfone groups is 1. The van der Waals surface area contributed by atoms with Crippen LogP contribution in [0.4, 0.5) is 4.39 Å². The summed E-state index contributed by atoms with van der Waals surface area (Å²) in [6, 6.07) is 3.69. The first-order chi connectivity index (χ1) is 10.4. The molecule has 1 aromatic carbocycles. The highest BCUT2D eigenvalue weighted by Crippen LogP contribution is 2.30. The molecule has 0 spiro atoms. The number of aliphatic carboxylic acids is 1. The Labute approximate surface area is 127 Å². The number of halogens is 1. The van der Waals surface area contributed by atoms with E-state index in [1.54, 1.807) is 0 Å². The highest BCUT2D eigenvalue weighted by Gasteiger charge is 2.36. The van der Waals surface area contributed by atoms with Crippen LogP contribution in [0.15, 0.2) is 23.1 Å². The summed E-state index contributed by atoms with van der Waals surface area (Å²) in [6.07, 6.45) is 0.358. The van der Waals surface area contributed by atoms with Crippen molar-refractivity contribution in [3.05, 3.63) is 29.6 Å². The van der Waals surface area contributed by atoms with E-state index in [0.717, 1.165) is 0 Å². The smallest absolute Gasteiger partial charge is 0.307 e. The Balaban J connectivity index is 1.82. The Hall–Kier alpha value is -1.51. The van der Waals surface area contributed by atoms with Gasteiger partial charge in [-0.3, -0.25) is 4.79 Å². The first-order valence-corrected chi connectivity index (χ1v) is 8.51. The van der Waals surface area contributed by atoms with Crippen LogP contribution in [-0.4, -0.2) is 44.5 Å². The zero-order valence-corrected chi connectivity index (χ0v) is 12.5. The number of rotatable bonds is 4. The topological polar surface area (TPSA) is 92.7 Å². The standard InChI is InChI=1S/C14H16FNO5S/c15-11-3-8(12-4-9(5-16-12)14(17)18)1-2-13(11)22(19,20)10-6-21-7-10/h1-3,9-10,12,16H,4-7H2,(H,17,18). The van der Waals surface area contributed by atoms with Gasteiger partial charge in [-0.05, 0) is 24.1 Å². The van der Waals surface area contributed by atoms with Crippen molar-refractivity contribution in [2.75, 3.05) is 19.8 Å². The van der Waals surface area contributed by atoms with Crippen LogP contribution in [0, 0.1) is 11.7 Å². The van der Waals surface area contributed by atoms with Gasteiger partial charge in [-0.25, -0.2) is 12.8 Å². The van der Waals surface area contributed by atoms with Crippen LogP contribution in [0.25, 0.3) is 0 Å². The Morgan fingerprint density at radius 3 is 2.59 bits per heavy atom. The van der Waals surface area contributed by atoms with Gasteiger partial charge in [-0.2, -0.15) is 0 Å². The number of hydrogen-bond donors (Lipinski definition) is 2. The molecule has 2 aliphatic rings. The summed E-state index contributed by atoms with van der Waals surface area (Å²) < 4.78 is 43.5. The minimum atomic E-state index is -3.71. The zero-order valence-electron chi connectivity index (χ0n) is 11.7. The molecule has 2 fully saturated rings. The maximum atomic E-state index is 14.2. The van der Waals surface area contributed by atoms with Gasteiger partial charge in [0, 0.05) is 12.6 Å². The molecule has 0 bridgehead atoms. The predicted octanol–water partition coefficient (Wildman–Crippen LogP) is 0.733. The molecule has 6 nitrogen and oxygen atoms in total. The van der Waals surface area contributed by atoms with Crippen molar-refractivity contribution in [3.63, 3.8) is 0 Å². The zero-order chi connectivity index (χ0) is 15.9. The van der Waals surface area contributed by atoms with Crippen molar-refractivity contribution >= 4 is 15.8 Å². The molecule has 22 heavy (non-hydrogen) atoms. The number of hydrogen-bond acceptors (Lipinski definition) is 5. The van der Waals surface area contributed by atoms with Crippen molar-refractivity contribution in [1.82, 2.24) is 5.32 Å². The van der Waals surface area contributed by atoms with E-state index < -0.39 is 32.8 Å². The molecular formula is C14H16FNO5S. The van der Waals surface area contributed by atoms with Crippen molar-refractivity contribution in [2.45, 2.75) is 22.6 Å². The molecule has 2 atom stereocenters. The van der Waals surface area contributed by atoms with Crippen LogP contribution in [0.2, 0.25) is 0 Å². The lowest BCUT2D eigenvalue weighted by Gasteiger charge is -2.26. The van der Waals surface area contributed by atoms with Crippen LogP contribution in [0.1, 0.15) is 18.0 Å². The highest BCUT2D eigenvalue weighted by atomic mass is 32.2. The minimum absolute atomic E-state index is 0.0913. The molecule has 2 heterocycles. The van der Waals surface area contributed by atoms with E-state index in [1.165, 1.54) is 18.2 Å². The minimum Gasteiger partial charge on any atom is -0.481 e. The van der Waals surface area contributed by atoms with Crippen LogP contribution >= 0.6 is 0 Å². The first-order valence-electron chi connectivity index (χ1n) is 6.97. The van der Waals surface area contributed by atoms with E-state index in [-0.39, 0.29) is 24.2 Å². The van der Waals surface area contributed by atoms with Crippen LogP contribution in [-0.2, 0) is 19.4 Å². The summed E-state index contributed by atoms with van der Waals surface area (Å²) >= 11 is 0. The molecule has 2 aliphatic heterocycles. The van der Waals surface area contributed by atoms with E-state index in [4.69, 9.17) is 9.84 Å². The maximum Gasteiger partial charge on any atom is 0.307 e. The number of carbonyl (C=O) groups is 1. The molecule has 2 saturated heterocycles. The van der Waals surface area contributed by atoms with Crippen LogP contribution in [0.3, 0.4) is 0 Å². The van der Waals surface area contributed by atoms with Gasteiger partial charge in [0.2, 0.25) is 0 Å². The van der Waals surface area contributed by atoms with Crippen molar-refractivity contribution in [2.24, 2.45) is 5.92 Å². The molecule has 2 unspecified atom stereocenters. The summed E-state index contributed by atoms with van der Waals surface area (Å²) in [4.78, 5) is 10.6. The summed E-state index contributed by atoms with van der Waals surface area (Å²) in [7, 11) is -3.71. The lowest BCUT2D eigenvalue weighted by atomic mass is 10.0. The second-order valence-electron chi connectivity index (χ2n) is 5.63. The van der Waals surface area contributed by atoms with Gasteiger partial charge in [0.1, 0.15) is 16.0 Å². The Morgan fingerprint density at radius 2 is 2.09 bits per heavy atom. The van der Waals surface area contributed by atoms with Gasteiger partial charge in [0.15, 0.2) is 9.84 Å². The number of carboxylic acid groups (broad SMARTS) is 1. The number of nitrogens with one attached hydrogen (secondary N) is 1. The Kier molecular flexibility index (Phi) is 3.92. The van der Waals surface area contributed by atoms with Gasteiger partial charge in [0.05, 0.1) is 19.1 Å². The third kappa shape index (κ3) is 2.62. The summed E-state index contributed by atoms with van der Waals surface area (Å²) in [6.45, 7) is 0.503. The Bertz CT molecular complexity index is 701. The molecule has 8 heteroatoms. The van der Waals surface area contributed by atoms with Gasteiger partial charge >= 0.3 is 5.97 Å². The van der Waals surface area contributed by atoms with Gasteiger partial charge in [0.25, 0.3) is 0 Å². The summed E-state index contributed by atoms with van der Waals surface area (Å²) in [5.74, 6) is -2.20. The molecule has 0 aromatic heterocycles. The molecular weight excluding hydrogens is 313 g/mol.